The van der Waals surface area contributed by atoms with Gasteiger partial charge >= 0.3 is 11.9 Å². The summed E-state index contributed by atoms with van der Waals surface area (Å²) >= 11 is 1.43. The fraction of sp³-hybridized carbons (Fsp3) is 0.545. The number of thioether (sulfide) groups is 1. The number of nitrogens with zero attached hydrogens (tertiary/aromatic N) is 1. The molecule has 0 spiro atoms. The van der Waals surface area contributed by atoms with E-state index in [-0.39, 0.29) is 23.9 Å². The van der Waals surface area contributed by atoms with Crippen molar-refractivity contribution in [3.05, 3.63) is 29.8 Å². The number of fused-ring (bicyclic) bond motifs is 3. The summed E-state index contributed by atoms with van der Waals surface area (Å²) < 4.78 is 5.03. The smallest absolute Gasteiger partial charge is 0.340 e. The van der Waals surface area contributed by atoms with E-state index in [2.05, 4.69) is 10.6 Å². The van der Waals surface area contributed by atoms with E-state index in [4.69, 9.17) is 4.74 Å². The Balaban J connectivity index is 1.18. The first-order chi connectivity index (χ1) is 15.2. The molecule has 2 amide bonds. The average Bonchev–Trinajstić information content (AvgIpc) is 3.67. The molecule has 4 aliphatic rings. The zero-order chi connectivity index (χ0) is 22.8. The van der Waals surface area contributed by atoms with Gasteiger partial charge in [-0.25, -0.2) is 9.59 Å². The Kier molecular flexibility index (Phi) is 4.70. The van der Waals surface area contributed by atoms with Gasteiger partial charge in [-0.1, -0.05) is 12.1 Å². The van der Waals surface area contributed by atoms with E-state index >= 15 is 0 Å². The molecule has 1 aromatic rings. The Labute approximate surface area is 189 Å². The normalized spacial score (nSPS) is 32.8. The Hall–Kier alpha value is -2.75. The average molecular weight is 460 g/mol. The number of carbonyl (C=O) groups excluding carboxylic acids is 3. The van der Waals surface area contributed by atoms with Crippen molar-refractivity contribution in [1.82, 2.24) is 10.2 Å². The summed E-state index contributed by atoms with van der Waals surface area (Å²) in [4.78, 5) is 50.8. The van der Waals surface area contributed by atoms with E-state index in [1.807, 2.05) is 13.8 Å². The van der Waals surface area contributed by atoms with Crippen molar-refractivity contribution in [3.8, 4) is 0 Å². The molecule has 9 nitrogen and oxygen atoms in total. The topological polar surface area (TPSA) is 125 Å². The van der Waals surface area contributed by atoms with Crippen molar-refractivity contribution in [2.75, 3.05) is 11.9 Å². The van der Waals surface area contributed by atoms with Crippen molar-refractivity contribution in [2.24, 2.45) is 5.92 Å². The first-order valence-electron chi connectivity index (χ1n) is 10.8. The molecule has 170 valence electrons. The van der Waals surface area contributed by atoms with Crippen molar-refractivity contribution in [3.63, 3.8) is 0 Å². The molecular weight excluding hydrogens is 434 g/mol. The van der Waals surface area contributed by atoms with Crippen LogP contribution in [0.3, 0.4) is 0 Å². The second-order valence-electron chi connectivity index (χ2n) is 9.18. The van der Waals surface area contributed by atoms with E-state index in [0.717, 1.165) is 12.8 Å². The highest BCUT2D eigenvalue weighted by Gasteiger charge is 2.85. The lowest BCUT2D eigenvalue weighted by Crippen LogP contribution is -2.72. The Morgan fingerprint density at radius 2 is 2.03 bits per heavy atom. The molecule has 2 saturated heterocycles. The second kappa shape index (κ2) is 7.13. The van der Waals surface area contributed by atoms with Crippen LogP contribution >= 0.6 is 11.8 Å². The van der Waals surface area contributed by atoms with Crippen LogP contribution in [0.5, 0.6) is 0 Å². The predicted molar refractivity (Wildman–Crippen MR) is 116 cm³/mol. The van der Waals surface area contributed by atoms with E-state index in [1.54, 1.807) is 24.3 Å². The third kappa shape index (κ3) is 3.07. The molecule has 5 atom stereocenters. The van der Waals surface area contributed by atoms with E-state index in [9.17, 15) is 24.3 Å². The summed E-state index contributed by atoms with van der Waals surface area (Å²) in [6.45, 7) is 3.60. The minimum atomic E-state index is -1.14. The molecule has 2 aliphatic carbocycles. The van der Waals surface area contributed by atoms with Crippen LogP contribution in [0.4, 0.5) is 5.69 Å². The predicted octanol–water partition coefficient (Wildman–Crippen LogP) is 1.44. The van der Waals surface area contributed by atoms with Gasteiger partial charge in [-0.05, 0) is 44.7 Å². The monoisotopic (exact) mass is 459 g/mol. The molecular formula is C22H25N3O6S. The molecule has 2 aliphatic heterocycles. The standard InChI is InChI=1S/C22H25N3O6S/c1-11(12-7-8-12)31-19(28)13-5-3-4-6-14(13)23-9-15(26)24-16-17(27)25-18(16)32-21(2)10-22(21,25)20(29)30/h3-6,11-12,16,18,23H,7-10H2,1-2H3,(H,24,26)(H,29,30)/t11?,16?,18-,21?,22?/m1/s1. The van der Waals surface area contributed by atoms with Crippen molar-refractivity contribution < 1.29 is 29.0 Å². The van der Waals surface area contributed by atoms with Crippen LogP contribution in [-0.2, 0) is 19.1 Å². The lowest BCUT2D eigenvalue weighted by atomic mass is 10.0. The highest BCUT2D eigenvalue weighted by Crippen LogP contribution is 2.71. The van der Waals surface area contributed by atoms with Crippen molar-refractivity contribution in [2.45, 2.75) is 60.9 Å². The molecule has 0 radical (unpaired) electrons. The number of benzene rings is 1. The van der Waals surface area contributed by atoms with Gasteiger partial charge in [-0.15, -0.1) is 11.8 Å². The van der Waals surface area contributed by atoms with Crippen LogP contribution < -0.4 is 10.6 Å². The zero-order valence-electron chi connectivity index (χ0n) is 17.8. The van der Waals surface area contributed by atoms with Crippen LogP contribution in [0, 0.1) is 5.92 Å². The number of nitrogens with one attached hydrogen (secondary N) is 2. The minimum Gasteiger partial charge on any atom is -0.479 e. The molecule has 5 rings (SSSR count). The van der Waals surface area contributed by atoms with Crippen molar-refractivity contribution in [1.29, 1.82) is 0 Å². The van der Waals surface area contributed by atoms with Gasteiger partial charge in [-0.2, -0.15) is 0 Å². The van der Waals surface area contributed by atoms with Gasteiger partial charge in [0.2, 0.25) is 11.8 Å². The van der Waals surface area contributed by atoms with Gasteiger partial charge in [-0.3, -0.25) is 9.59 Å². The first kappa shape index (κ1) is 21.1. The molecule has 0 bridgehead atoms. The maximum Gasteiger partial charge on any atom is 0.340 e. The third-order valence-electron chi connectivity index (χ3n) is 7.01. The molecule has 4 fully saturated rings. The summed E-state index contributed by atoms with van der Waals surface area (Å²) in [5.41, 5.74) is -0.317. The van der Waals surface area contributed by atoms with Gasteiger partial charge in [0.1, 0.15) is 17.5 Å². The summed E-state index contributed by atoms with van der Waals surface area (Å²) in [5.74, 6) is -1.78. The fourth-order valence-corrected chi connectivity index (χ4v) is 6.74. The maximum absolute atomic E-state index is 12.6. The molecule has 10 heteroatoms. The van der Waals surface area contributed by atoms with Crippen LogP contribution in [0.1, 0.15) is 43.5 Å². The molecule has 4 unspecified atom stereocenters. The summed E-state index contributed by atoms with van der Waals surface area (Å²) in [6, 6.07) is 6.08. The first-order valence-corrected chi connectivity index (χ1v) is 11.6. The van der Waals surface area contributed by atoms with Gasteiger partial charge in [0.05, 0.1) is 16.9 Å². The van der Waals surface area contributed by atoms with E-state index in [1.165, 1.54) is 16.7 Å². The number of rotatable bonds is 8. The maximum atomic E-state index is 12.6. The largest absolute Gasteiger partial charge is 0.479 e. The quantitative estimate of drug-likeness (QED) is 0.394. The summed E-state index contributed by atoms with van der Waals surface area (Å²) in [7, 11) is 0. The van der Waals surface area contributed by atoms with Gasteiger partial charge in [0.15, 0.2) is 5.54 Å². The molecule has 3 N–H and O–H groups in total. The lowest BCUT2D eigenvalue weighted by molar-refractivity contribution is -0.163. The third-order valence-corrected chi connectivity index (χ3v) is 8.74. The minimum absolute atomic E-state index is 0.134. The number of carboxylic acids is 1. The van der Waals surface area contributed by atoms with Crippen LogP contribution in [0.2, 0.25) is 0 Å². The number of aliphatic carboxylic acids is 1. The molecule has 1 aromatic carbocycles. The number of carboxylic acid groups (broad SMARTS) is 1. The summed E-state index contributed by atoms with van der Waals surface area (Å²) in [5, 5.41) is 14.9. The molecule has 2 heterocycles. The Bertz CT molecular complexity index is 1030. The number of hydrogen-bond acceptors (Lipinski definition) is 7. The Morgan fingerprint density at radius 3 is 2.72 bits per heavy atom. The van der Waals surface area contributed by atoms with Crippen LogP contribution in [0.15, 0.2) is 24.3 Å². The highest BCUT2D eigenvalue weighted by molar-refractivity contribution is 8.02. The number of anilines is 1. The van der Waals surface area contributed by atoms with Crippen LogP contribution in [-0.4, -0.2) is 68.1 Å². The SMILES string of the molecule is CC(OC(=O)c1ccccc1NCC(=O)NC1C(=O)N2[C@@H]1SC1(C)CC21C(=O)O)C1CC1. The number of hydrogen-bond donors (Lipinski definition) is 3. The van der Waals surface area contributed by atoms with Crippen molar-refractivity contribution >= 4 is 41.2 Å². The molecule has 0 aromatic heterocycles. The highest BCUT2D eigenvalue weighted by atomic mass is 32.2. The number of para-hydroxylation sites is 1. The molecule has 32 heavy (non-hydrogen) atoms. The lowest BCUT2D eigenvalue weighted by Gasteiger charge is -2.45. The number of ether oxygens (including phenoxy) is 1. The number of esters is 1. The number of amides is 2. The fourth-order valence-electron chi connectivity index (χ4n) is 4.83. The van der Waals surface area contributed by atoms with Gasteiger partial charge in [0.25, 0.3) is 0 Å². The van der Waals surface area contributed by atoms with Crippen LogP contribution in [0.25, 0.3) is 0 Å². The number of carbonyl (C=O) groups is 4. The van der Waals surface area contributed by atoms with Gasteiger partial charge in [0, 0.05) is 12.1 Å². The van der Waals surface area contributed by atoms with Gasteiger partial charge < -0.3 is 25.4 Å². The Morgan fingerprint density at radius 1 is 1.31 bits per heavy atom. The van der Waals surface area contributed by atoms with E-state index in [0.29, 0.717) is 23.6 Å². The van der Waals surface area contributed by atoms with E-state index < -0.39 is 34.2 Å². The molecule has 2 saturated carbocycles. The number of β-lactam (4-membered cyclic amide) rings is 1. The zero-order valence-corrected chi connectivity index (χ0v) is 18.6. The summed E-state index contributed by atoms with van der Waals surface area (Å²) in [6.07, 6.45) is 2.42. The second-order valence-corrected chi connectivity index (χ2v) is 10.8.